The lowest BCUT2D eigenvalue weighted by molar-refractivity contribution is -0.134. The van der Waals surface area contributed by atoms with Gasteiger partial charge in [0, 0.05) is 30.1 Å². The van der Waals surface area contributed by atoms with Crippen molar-refractivity contribution in [1.29, 1.82) is 0 Å². The molecular weight excluding hydrogens is 262 g/mol. The van der Waals surface area contributed by atoms with Crippen LogP contribution in [0.25, 0.3) is 0 Å². The highest BCUT2D eigenvalue weighted by molar-refractivity contribution is 6.30. The van der Waals surface area contributed by atoms with Gasteiger partial charge in [0.05, 0.1) is 7.11 Å². The molecule has 1 aliphatic carbocycles. The molecular formula is C15H20ClNO2. The van der Waals surface area contributed by atoms with Gasteiger partial charge in [-0.25, -0.2) is 0 Å². The molecule has 2 rings (SSSR count). The first-order valence-corrected chi connectivity index (χ1v) is 7.07. The first kappa shape index (κ1) is 14.2. The van der Waals surface area contributed by atoms with E-state index in [-0.39, 0.29) is 11.8 Å². The Balaban J connectivity index is 2.07. The highest BCUT2D eigenvalue weighted by Crippen LogP contribution is 2.28. The first-order valence-electron chi connectivity index (χ1n) is 6.69. The average Bonchev–Trinajstić information content (AvgIpc) is 2.92. The Labute approximate surface area is 119 Å². The Kier molecular flexibility index (Phi) is 4.70. The minimum Gasteiger partial charge on any atom is -0.496 e. The lowest BCUT2D eigenvalue weighted by Gasteiger charge is -2.22. The molecule has 0 heterocycles. The molecule has 1 aromatic carbocycles. The smallest absolute Gasteiger partial charge is 0.225 e. The van der Waals surface area contributed by atoms with Gasteiger partial charge < -0.3 is 9.64 Å². The van der Waals surface area contributed by atoms with E-state index in [1.165, 1.54) is 12.8 Å². The fraction of sp³-hybridized carbons (Fsp3) is 0.533. The highest BCUT2D eigenvalue weighted by Gasteiger charge is 2.25. The zero-order valence-electron chi connectivity index (χ0n) is 11.5. The Morgan fingerprint density at radius 2 is 2.11 bits per heavy atom. The van der Waals surface area contributed by atoms with E-state index in [0.717, 1.165) is 24.2 Å². The number of methoxy groups -OCH3 is 1. The molecule has 0 radical (unpaired) electrons. The topological polar surface area (TPSA) is 29.5 Å². The van der Waals surface area contributed by atoms with Gasteiger partial charge in [-0.3, -0.25) is 4.79 Å². The summed E-state index contributed by atoms with van der Waals surface area (Å²) in [5.74, 6) is 1.21. The lowest BCUT2D eigenvalue weighted by Crippen LogP contribution is -2.31. The monoisotopic (exact) mass is 281 g/mol. The van der Waals surface area contributed by atoms with Gasteiger partial charge in [-0.1, -0.05) is 24.4 Å². The van der Waals surface area contributed by atoms with E-state index in [4.69, 9.17) is 16.3 Å². The van der Waals surface area contributed by atoms with Crippen LogP contribution in [0.2, 0.25) is 5.02 Å². The fourth-order valence-electron chi connectivity index (χ4n) is 2.69. The third kappa shape index (κ3) is 3.41. The molecule has 104 valence electrons. The van der Waals surface area contributed by atoms with Gasteiger partial charge in [-0.15, -0.1) is 0 Å². The van der Waals surface area contributed by atoms with Crippen LogP contribution < -0.4 is 4.74 Å². The molecule has 0 unspecified atom stereocenters. The summed E-state index contributed by atoms with van der Waals surface area (Å²) in [5.41, 5.74) is 0.948. The molecule has 3 nitrogen and oxygen atoms in total. The second kappa shape index (κ2) is 6.29. The quantitative estimate of drug-likeness (QED) is 0.845. The SMILES string of the molecule is COc1ccc(Cl)cc1CN(C)C(=O)C1CCCC1. The number of carbonyl (C=O) groups is 1. The van der Waals surface area contributed by atoms with Crippen molar-refractivity contribution < 1.29 is 9.53 Å². The van der Waals surface area contributed by atoms with Crippen LogP contribution in [-0.2, 0) is 11.3 Å². The number of ether oxygens (including phenoxy) is 1. The van der Waals surface area contributed by atoms with E-state index in [1.807, 2.05) is 19.2 Å². The Morgan fingerprint density at radius 3 is 2.74 bits per heavy atom. The summed E-state index contributed by atoms with van der Waals surface area (Å²) in [6, 6.07) is 5.49. The normalized spacial score (nSPS) is 15.5. The van der Waals surface area contributed by atoms with Crippen molar-refractivity contribution in [2.24, 2.45) is 5.92 Å². The van der Waals surface area contributed by atoms with E-state index < -0.39 is 0 Å². The number of amides is 1. The average molecular weight is 282 g/mol. The predicted molar refractivity (Wildman–Crippen MR) is 76.4 cm³/mol. The summed E-state index contributed by atoms with van der Waals surface area (Å²) in [5, 5.41) is 0.664. The van der Waals surface area contributed by atoms with E-state index >= 15 is 0 Å². The summed E-state index contributed by atoms with van der Waals surface area (Å²) < 4.78 is 5.31. The molecule has 0 spiro atoms. The zero-order chi connectivity index (χ0) is 13.8. The van der Waals surface area contributed by atoms with Gasteiger partial charge in [-0.05, 0) is 31.0 Å². The molecule has 0 saturated heterocycles. The molecule has 1 aliphatic rings. The van der Waals surface area contributed by atoms with Crippen LogP contribution >= 0.6 is 11.6 Å². The molecule has 1 saturated carbocycles. The van der Waals surface area contributed by atoms with Gasteiger partial charge in [0.1, 0.15) is 5.75 Å². The molecule has 0 bridgehead atoms. The van der Waals surface area contributed by atoms with Gasteiger partial charge in [-0.2, -0.15) is 0 Å². The predicted octanol–water partition coefficient (Wildman–Crippen LogP) is 3.50. The van der Waals surface area contributed by atoms with Gasteiger partial charge in [0.2, 0.25) is 5.91 Å². The molecule has 4 heteroatoms. The molecule has 0 N–H and O–H groups in total. The van der Waals surface area contributed by atoms with Crippen molar-refractivity contribution in [3.05, 3.63) is 28.8 Å². The Morgan fingerprint density at radius 1 is 1.42 bits per heavy atom. The van der Waals surface area contributed by atoms with Crippen molar-refractivity contribution in [3.63, 3.8) is 0 Å². The molecule has 0 aromatic heterocycles. The standard InChI is InChI=1S/C15H20ClNO2/c1-17(15(18)11-5-3-4-6-11)10-12-9-13(16)7-8-14(12)19-2/h7-9,11H,3-6,10H2,1-2H3. The molecule has 0 aliphatic heterocycles. The largest absolute Gasteiger partial charge is 0.496 e. The number of nitrogens with zero attached hydrogens (tertiary/aromatic N) is 1. The summed E-state index contributed by atoms with van der Waals surface area (Å²) in [4.78, 5) is 14.1. The second-order valence-electron chi connectivity index (χ2n) is 5.13. The minimum atomic E-state index is 0.204. The zero-order valence-corrected chi connectivity index (χ0v) is 12.2. The maximum atomic E-state index is 12.3. The fourth-order valence-corrected chi connectivity index (χ4v) is 2.88. The van der Waals surface area contributed by atoms with Crippen LogP contribution in [0.4, 0.5) is 0 Å². The van der Waals surface area contributed by atoms with Crippen LogP contribution in [0.15, 0.2) is 18.2 Å². The molecule has 1 amide bonds. The van der Waals surface area contributed by atoms with E-state index in [1.54, 1.807) is 18.1 Å². The number of hydrogen-bond donors (Lipinski definition) is 0. The van der Waals surface area contributed by atoms with Crippen molar-refractivity contribution in [3.8, 4) is 5.75 Å². The Hall–Kier alpha value is -1.22. The van der Waals surface area contributed by atoms with Gasteiger partial charge >= 0.3 is 0 Å². The lowest BCUT2D eigenvalue weighted by atomic mass is 10.1. The van der Waals surface area contributed by atoms with Crippen LogP contribution in [0, 0.1) is 5.92 Å². The van der Waals surface area contributed by atoms with Crippen molar-refractivity contribution in [2.75, 3.05) is 14.2 Å². The summed E-state index contributed by atoms with van der Waals surface area (Å²) >= 11 is 6.00. The second-order valence-corrected chi connectivity index (χ2v) is 5.57. The molecule has 0 atom stereocenters. The van der Waals surface area contributed by atoms with E-state index in [2.05, 4.69) is 0 Å². The van der Waals surface area contributed by atoms with Crippen molar-refractivity contribution in [1.82, 2.24) is 4.90 Å². The first-order chi connectivity index (χ1) is 9.11. The number of halogens is 1. The third-order valence-corrected chi connectivity index (χ3v) is 3.97. The van der Waals surface area contributed by atoms with Crippen LogP contribution in [0.3, 0.4) is 0 Å². The maximum Gasteiger partial charge on any atom is 0.225 e. The number of benzene rings is 1. The van der Waals surface area contributed by atoms with Crippen LogP contribution in [-0.4, -0.2) is 25.0 Å². The summed E-state index contributed by atoms with van der Waals surface area (Å²) in [6.45, 7) is 0.541. The highest BCUT2D eigenvalue weighted by atomic mass is 35.5. The molecule has 19 heavy (non-hydrogen) atoms. The summed E-state index contributed by atoms with van der Waals surface area (Å²) in [7, 11) is 3.48. The van der Waals surface area contributed by atoms with Crippen molar-refractivity contribution >= 4 is 17.5 Å². The summed E-state index contributed by atoms with van der Waals surface area (Å²) in [6.07, 6.45) is 4.39. The third-order valence-electron chi connectivity index (χ3n) is 3.73. The molecule has 1 aromatic rings. The van der Waals surface area contributed by atoms with Crippen LogP contribution in [0.1, 0.15) is 31.2 Å². The minimum absolute atomic E-state index is 0.204. The maximum absolute atomic E-state index is 12.3. The number of rotatable bonds is 4. The van der Waals surface area contributed by atoms with E-state index in [0.29, 0.717) is 11.6 Å². The van der Waals surface area contributed by atoms with E-state index in [9.17, 15) is 4.79 Å². The van der Waals surface area contributed by atoms with Crippen molar-refractivity contribution in [2.45, 2.75) is 32.2 Å². The van der Waals surface area contributed by atoms with Gasteiger partial charge in [0.25, 0.3) is 0 Å². The van der Waals surface area contributed by atoms with Crippen LogP contribution in [0.5, 0.6) is 5.75 Å². The molecule has 1 fully saturated rings. The van der Waals surface area contributed by atoms with Gasteiger partial charge in [0.15, 0.2) is 0 Å². The Bertz CT molecular complexity index is 455. The number of hydrogen-bond acceptors (Lipinski definition) is 2. The number of carbonyl (C=O) groups excluding carboxylic acids is 1.